The molecule has 0 fully saturated rings. The van der Waals surface area contributed by atoms with E-state index in [4.69, 9.17) is 0 Å². The lowest BCUT2D eigenvalue weighted by molar-refractivity contribution is 0.675. The number of nitrogens with zero attached hydrogens (tertiary/aromatic N) is 2. The summed E-state index contributed by atoms with van der Waals surface area (Å²) in [7, 11) is 0. The second kappa shape index (κ2) is 6.20. The number of thiophene rings is 1. The number of hydrogen-bond donors (Lipinski definition) is 1. The fourth-order valence-corrected chi connectivity index (χ4v) is 3.13. The average molecular weight is 285 g/mol. The van der Waals surface area contributed by atoms with Crippen molar-refractivity contribution in [1.29, 1.82) is 0 Å². The highest BCUT2D eigenvalue weighted by atomic mass is 32.1. The normalized spacial score (nSPS) is 11.2. The van der Waals surface area contributed by atoms with Crippen LogP contribution in [-0.4, -0.2) is 16.1 Å². The molecule has 3 aromatic rings. The third-order valence-electron chi connectivity index (χ3n) is 3.36. The largest absolute Gasteiger partial charge is 0.327 e. The molecule has 3 nitrogen and oxygen atoms in total. The summed E-state index contributed by atoms with van der Waals surface area (Å²) in [5, 5.41) is 6.86. The van der Waals surface area contributed by atoms with Gasteiger partial charge in [-0.25, -0.2) is 4.98 Å². The molecule has 0 saturated carbocycles. The summed E-state index contributed by atoms with van der Waals surface area (Å²) in [4.78, 5) is 5.91. The fraction of sp³-hybridized carbons (Fsp3) is 0.312. The van der Waals surface area contributed by atoms with E-state index in [-0.39, 0.29) is 0 Å². The highest BCUT2D eigenvalue weighted by molar-refractivity contribution is 7.09. The molecule has 0 aromatic carbocycles. The molecule has 1 N–H and O–H groups in total. The highest BCUT2D eigenvalue weighted by Gasteiger charge is 2.09. The third-order valence-corrected chi connectivity index (χ3v) is 4.23. The molecule has 0 amide bonds. The van der Waals surface area contributed by atoms with Crippen molar-refractivity contribution >= 4 is 22.4 Å². The minimum atomic E-state index is 0.902. The highest BCUT2D eigenvalue weighted by Crippen LogP contribution is 2.21. The molecule has 0 aliphatic rings. The third kappa shape index (κ3) is 2.76. The molecule has 3 heterocycles. The maximum atomic E-state index is 4.55. The van der Waals surface area contributed by atoms with Crippen molar-refractivity contribution < 1.29 is 0 Å². The minimum absolute atomic E-state index is 0.902. The van der Waals surface area contributed by atoms with Crippen LogP contribution in [0.15, 0.2) is 42.0 Å². The molecular formula is C16H19N3S. The van der Waals surface area contributed by atoms with Crippen LogP contribution in [0.25, 0.3) is 11.0 Å². The summed E-state index contributed by atoms with van der Waals surface area (Å²) in [5.41, 5.74) is 2.41. The van der Waals surface area contributed by atoms with Gasteiger partial charge in [-0.3, -0.25) is 0 Å². The van der Waals surface area contributed by atoms with Crippen molar-refractivity contribution in [3.05, 3.63) is 52.5 Å². The van der Waals surface area contributed by atoms with Gasteiger partial charge in [0.2, 0.25) is 0 Å². The zero-order valence-corrected chi connectivity index (χ0v) is 12.5. The van der Waals surface area contributed by atoms with Crippen LogP contribution in [0.5, 0.6) is 0 Å². The van der Waals surface area contributed by atoms with Gasteiger partial charge in [-0.1, -0.05) is 13.0 Å². The molecule has 0 saturated heterocycles. The molecule has 104 valence electrons. The van der Waals surface area contributed by atoms with E-state index in [9.17, 15) is 0 Å². The summed E-state index contributed by atoms with van der Waals surface area (Å²) in [6, 6.07) is 8.45. The molecule has 0 bridgehead atoms. The molecular weight excluding hydrogens is 266 g/mol. The van der Waals surface area contributed by atoms with Crippen molar-refractivity contribution in [1.82, 2.24) is 14.9 Å². The van der Waals surface area contributed by atoms with Crippen molar-refractivity contribution in [2.75, 3.05) is 6.54 Å². The SMILES string of the molecule is CCCNCc1cn(Cc2cccs2)c2ncccc12. The van der Waals surface area contributed by atoms with Crippen LogP contribution in [0.3, 0.4) is 0 Å². The van der Waals surface area contributed by atoms with Crippen LogP contribution < -0.4 is 5.32 Å². The fourth-order valence-electron chi connectivity index (χ4n) is 2.43. The van der Waals surface area contributed by atoms with E-state index in [1.54, 1.807) is 11.3 Å². The molecule has 20 heavy (non-hydrogen) atoms. The van der Waals surface area contributed by atoms with Crippen molar-refractivity contribution in [3.8, 4) is 0 Å². The first kappa shape index (κ1) is 13.3. The Balaban J connectivity index is 1.91. The van der Waals surface area contributed by atoms with Gasteiger partial charge >= 0.3 is 0 Å². The number of aromatic nitrogens is 2. The Labute approximate surface area is 123 Å². The first-order chi connectivity index (χ1) is 9.88. The number of hydrogen-bond acceptors (Lipinski definition) is 3. The average Bonchev–Trinajstić information content (AvgIpc) is 3.09. The minimum Gasteiger partial charge on any atom is -0.327 e. The number of rotatable bonds is 6. The maximum Gasteiger partial charge on any atom is 0.140 e. The molecule has 0 spiro atoms. The standard InChI is InChI=1S/C16H19N3S/c1-2-7-17-10-13-11-19(12-14-5-4-9-20-14)16-15(13)6-3-8-18-16/h3-6,8-9,11,17H,2,7,10,12H2,1H3. The molecule has 0 radical (unpaired) electrons. The maximum absolute atomic E-state index is 4.55. The van der Waals surface area contributed by atoms with Gasteiger partial charge < -0.3 is 9.88 Å². The topological polar surface area (TPSA) is 29.9 Å². The first-order valence-electron chi connectivity index (χ1n) is 7.04. The number of nitrogens with one attached hydrogen (secondary N) is 1. The number of fused-ring (bicyclic) bond motifs is 1. The lowest BCUT2D eigenvalue weighted by Crippen LogP contribution is -2.13. The van der Waals surface area contributed by atoms with Crippen LogP contribution >= 0.6 is 11.3 Å². The zero-order chi connectivity index (χ0) is 13.8. The Morgan fingerprint density at radius 3 is 3.05 bits per heavy atom. The Morgan fingerprint density at radius 2 is 2.25 bits per heavy atom. The van der Waals surface area contributed by atoms with Gasteiger partial charge in [0.05, 0.1) is 6.54 Å². The van der Waals surface area contributed by atoms with E-state index in [1.165, 1.54) is 15.8 Å². The summed E-state index contributed by atoms with van der Waals surface area (Å²) in [5.74, 6) is 0. The van der Waals surface area contributed by atoms with E-state index in [1.807, 2.05) is 12.3 Å². The number of pyridine rings is 1. The Kier molecular flexibility index (Phi) is 4.14. The van der Waals surface area contributed by atoms with Gasteiger partial charge in [0.25, 0.3) is 0 Å². The molecule has 0 aliphatic carbocycles. The Morgan fingerprint density at radius 1 is 1.30 bits per heavy atom. The Bertz CT molecular complexity index is 670. The second-order valence-corrected chi connectivity index (χ2v) is 5.95. The monoisotopic (exact) mass is 285 g/mol. The predicted molar refractivity (Wildman–Crippen MR) is 85.2 cm³/mol. The van der Waals surface area contributed by atoms with Gasteiger partial charge in [-0.15, -0.1) is 11.3 Å². The molecule has 3 rings (SSSR count). The lowest BCUT2D eigenvalue weighted by atomic mass is 10.2. The van der Waals surface area contributed by atoms with Crippen LogP contribution in [0, 0.1) is 0 Å². The molecule has 0 aliphatic heterocycles. The van der Waals surface area contributed by atoms with Crippen molar-refractivity contribution in [2.24, 2.45) is 0 Å². The van der Waals surface area contributed by atoms with Crippen LogP contribution in [0.1, 0.15) is 23.8 Å². The van der Waals surface area contributed by atoms with E-state index in [0.29, 0.717) is 0 Å². The second-order valence-electron chi connectivity index (χ2n) is 4.91. The van der Waals surface area contributed by atoms with Crippen LogP contribution in [0.4, 0.5) is 0 Å². The van der Waals surface area contributed by atoms with E-state index in [2.05, 4.69) is 51.6 Å². The molecule has 3 aromatic heterocycles. The summed E-state index contributed by atoms with van der Waals surface area (Å²) in [6.45, 7) is 5.05. The lowest BCUT2D eigenvalue weighted by Gasteiger charge is -2.01. The van der Waals surface area contributed by atoms with Gasteiger partial charge in [0.1, 0.15) is 5.65 Å². The first-order valence-corrected chi connectivity index (χ1v) is 7.92. The summed E-state index contributed by atoms with van der Waals surface area (Å²) in [6.07, 6.45) is 5.27. The van der Waals surface area contributed by atoms with Crippen molar-refractivity contribution in [3.63, 3.8) is 0 Å². The smallest absolute Gasteiger partial charge is 0.140 e. The van der Waals surface area contributed by atoms with Crippen LogP contribution in [0.2, 0.25) is 0 Å². The van der Waals surface area contributed by atoms with E-state index < -0.39 is 0 Å². The van der Waals surface area contributed by atoms with Gasteiger partial charge in [-0.2, -0.15) is 0 Å². The Hall–Kier alpha value is -1.65. The van der Waals surface area contributed by atoms with Gasteiger partial charge in [0.15, 0.2) is 0 Å². The van der Waals surface area contributed by atoms with Gasteiger partial charge in [-0.05, 0) is 42.1 Å². The quantitative estimate of drug-likeness (QED) is 0.701. The van der Waals surface area contributed by atoms with Crippen LogP contribution in [-0.2, 0) is 13.1 Å². The molecule has 0 atom stereocenters. The molecule has 4 heteroatoms. The predicted octanol–water partition coefficient (Wildman–Crippen LogP) is 3.65. The summed E-state index contributed by atoms with van der Waals surface area (Å²) < 4.78 is 2.25. The van der Waals surface area contributed by atoms with Gasteiger partial charge in [0, 0.05) is 29.2 Å². The zero-order valence-electron chi connectivity index (χ0n) is 11.7. The van der Waals surface area contributed by atoms with Crippen molar-refractivity contribution in [2.45, 2.75) is 26.4 Å². The molecule has 0 unspecified atom stereocenters. The van der Waals surface area contributed by atoms with E-state index >= 15 is 0 Å². The summed E-state index contributed by atoms with van der Waals surface area (Å²) >= 11 is 1.79. The van der Waals surface area contributed by atoms with E-state index in [0.717, 1.165) is 31.7 Å².